The Bertz CT molecular complexity index is 1430. The van der Waals surface area contributed by atoms with Gasteiger partial charge in [0.15, 0.2) is 6.10 Å². The molecule has 2 aromatic carbocycles. The van der Waals surface area contributed by atoms with Crippen LogP contribution in [-0.2, 0) is 9.59 Å². The number of rotatable bonds is 6. The molecule has 0 radical (unpaired) electrons. The van der Waals surface area contributed by atoms with E-state index in [0.717, 1.165) is 25.7 Å². The number of carboxylic acid groups (broad SMARTS) is 1. The first kappa shape index (κ1) is 26.2. The maximum absolute atomic E-state index is 14.1. The molecule has 200 valence electrons. The molecule has 1 amide bonds. The first-order chi connectivity index (χ1) is 18.2. The number of likely N-dealkylation sites (tertiary alicyclic amines) is 1. The SMILES string of the molecule is CC(Oc1ccc2c(-c3cccc(F)c3Cl)cc(=O)oc2c1)C(=O)N1C[C@@H](C(=O)O)CCC1C1CCCC1. The zero-order chi connectivity index (χ0) is 27.0. The summed E-state index contributed by atoms with van der Waals surface area (Å²) in [6.07, 6.45) is 4.71. The van der Waals surface area contributed by atoms with Gasteiger partial charge in [0.1, 0.15) is 17.1 Å². The van der Waals surface area contributed by atoms with Crippen molar-refractivity contribution in [1.82, 2.24) is 4.90 Å². The number of hydrogen-bond acceptors (Lipinski definition) is 5. The fourth-order valence-corrected chi connectivity index (χ4v) is 6.15. The van der Waals surface area contributed by atoms with Gasteiger partial charge in [0, 0.05) is 41.2 Å². The van der Waals surface area contributed by atoms with Crippen LogP contribution in [-0.4, -0.2) is 40.6 Å². The third-order valence-electron chi connectivity index (χ3n) is 7.82. The second-order valence-electron chi connectivity index (χ2n) is 10.2. The minimum Gasteiger partial charge on any atom is -0.481 e. The van der Waals surface area contributed by atoms with Gasteiger partial charge in [0.2, 0.25) is 0 Å². The van der Waals surface area contributed by atoms with E-state index in [1.807, 2.05) is 0 Å². The molecule has 0 bridgehead atoms. The molecule has 38 heavy (non-hydrogen) atoms. The van der Waals surface area contributed by atoms with Gasteiger partial charge in [0.05, 0.1) is 10.9 Å². The molecule has 1 aliphatic carbocycles. The molecule has 7 nitrogen and oxygen atoms in total. The molecular formula is C29H29ClFNO6. The lowest BCUT2D eigenvalue weighted by Gasteiger charge is -2.42. The third kappa shape index (κ3) is 5.14. The van der Waals surface area contributed by atoms with Crippen molar-refractivity contribution in [1.29, 1.82) is 0 Å². The van der Waals surface area contributed by atoms with Crippen molar-refractivity contribution in [3.63, 3.8) is 0 Å². The minimum atomic E-state index is -0.889. The Morgan fingerprint density at radius 2 is 1.87 bits per heavy atom. The molecule has 2 aliphatic rings. The highest BCUT2D eigenvalue weighted by molar-refractivity contribution is 6.33. The first-order valence-electron chi connectivity index (χ1n) is 12.9. The van der Waals surface area contributed by atoms with Gasteiger partial charge in [-0.05, 0) is 56.7 Å². The Hall–Kier alpha value is -3.39. The number of aliphatic carboxylic acids is 1. The number of piperidine rings is 1. The van der Waals surface area contributed by atoms with Crippen LogP contribution in [0, 0.1) is 17.7 Å². The van der Waals surface area contributed by atoms with E-state index in [4.69, 9.17) is 20.8 Å². The molecule has 0 spiro atoms. The zero-order valence-electron chi connectivity index (χ0n) is 21.0. The molecular weight excluding hydrogens is 513 g/mol. The summed E-state index contributed by atoms with van der Waals surface area (Å²) < 4.78 is 25.4. The number of ether oxygens (including phenoxy) is 1. The van der Waals surface area contributed by atoms with Gasteiger partial charge in [-0.25, -0.2) is 9.18 Å². The highest BCUT2D eigenvalue weighted by atomic mass is 35.5. The van der Waals surface area contributed by atoms with E-state index < -0.39 is 29.4 Å². The third-order valence-corrected chi connectivity index (χ3v) is 8.21. The lowest BCUT2D eigenvalue weighted by molar-refractivity contribution is -0.151. The highest BCUT2D eigenvalue weighted by Crippen LogP contribution is 2.38. The minimum absolute atomic E-state index is 0.0137. The maximum Gasteiger partial charge on any atom is 0.336 e. The molecule has 9 heteroatoms. The second-order valence-corrected chi connectivity index (χ2v) is 10.6. The number of carbonyl (C=O) groups excluding carboxylic acids is 1. The Balaban J connectivity index is 1.41. The van der Waals surface area contributed by atoms with Crippen LogP contribution >= 0.6 is 11.6 Å². The normalized spacial score (nSPS) is 21.0. The van der Waals surface area contributed by atoms with Crippen molar-refractivity contribution in [3.05, 3.63) is 63.7 Å². The van der Waals surface area contributed by atoms with Gasteiger partial charge in [-0.15, -0.1) is 0 Å². The quantitative estimate of drug-likeness (QED) is 0.390. The van der Waals surface area contributed by atoms with E-state index in [1.165, 1.54) is 24.3 Å². The number of carbonyl (C=O) groups is 2. The van der Waals surface area contributed by atoms with Gasteiger partial charge >= 0.3 is 11.6 Å². The van der Waals surface area contributed by atoms with E-state index in [1.54, 1.807) is 30.0 Å². The second kappa shape index (κ2) is 10.8. The van der Waals surface area contributed by atoms with Crippen molar-refractivity contribution in [2.24, 2.45) is 11.8 Å². The van der Waals surface area contributed by atoms with Crippen LogP contribution in [0.4, 0.5) is 4.39 Å². The van der Waals surface area contributed by atoms with Crippen LogP contribution in [0.2, 0.25) is 5.02 Å². The van der Waals surface area contributed by atoms with Crippen LogP contribution < -0.4 is 10.4 Å². The van der Waals surface area contributed by atoms with E-state index in [2.05, 4.69) is 0 Å². The fraction of sp³-hybridized carbons (Fsp3) is 0.414. The number of fused-ring (bicyclic) bond motifs is 1. The Labute approximate surface area is 224 Å². The Kier molecular flexibility index (Phi) is 7.43. The van der Waals surface area contributed by atoms with Gasteiger partial charge in [0.25, 0.3) is 5.91 Å². The van der Waals surface area contributed by atoms with Crippen molar-refractivity contribution >= 4 is 34.4 Å². The standard InChI is InChI=1S/C29H29ClFNO6/c1-16(28(34)32-15-18(29(35)36)9-12-24(32)17-5-2-3-6-17)37-19-10-11-20-22(14-26(33)38-25(20)13-19)21-7-4-8-23(31)27(21)30/h4,7-8,10-11,13-14,16-18,24H,2-3,5-6,9,12,15H2,1H3,(H,35,36)/t16?,18-,24?/m0/s1. The van der Waals surface area contributed by atoms with Crippen molar-refractivity contribution in [3.8, 4) is 16.9 Å². The molecule has 1 saturated heterocycles. The van der Waals surface area contributed by atoms with Crippen LogP contribution in [0.5, 0.6) is 5.75 Å². The molecule has 2 heterocycles. The average molecular weight is 542 g/mol. The first-order valence-corrected chi connectivity index (χ1v) is 13.3. The van der Waals surface area contributed by atoms with Crippen molar-refractivity contribution < 1.29 is 28.2 Å². The molecule has 1 aliphatic heterocycles. The molecule has 1 saturated carbocycles. The summed E-state index contributed by atoms with van der Waals surface area (Å²) in [5.74, 6) is -1.64. The fourth-order valence-electron chi connectivity index (χ4n) is 5.92. The van der Waals surface area contributed by atoms with Crippen LogP contribution in [0.15, 0.2) is 51.7 Å². The molecule has 2 unspecified atom stereocenters. The predicted octanol–water partition coefficient (Wildman–Crippen LogP) is 5.90. The van der Waals surface area contributed by atoms with Gasteiger partial charge < -0.3 is 19.2 Å². The van der Waals surface area contributed by atoms with E-state index in [9.17, 15) is 23.9 Å². The van der Waals surface area contributed by atoms with Crippen LogP contribution in [0.25, 0.3) is 22.1 Å². The van der Waals surface area contributed by atoms with Crippen molar-refractivity contribution in [2.45, 2.75) is 57.6 Å². The molecule has 3 aromatic rings. The largest absolute Gasteiger partial charge is 0.481 e. The van der Waals surface area contributed by atoms with Crippen molar-refractivity contribution in [2.75, 3.05) is 6.54 Å². The molecule has 1 N–H and O–H groups in total. The number of amides is 1. The topological polar surface area (TPSA) is 97.0 Å². The Morgan fingerprint density at radius 3 is 2.61 bits per heavy atom. The van der Waals surface area contributed by atoms with Gasteiger partial charge in [-0.2, -0.15) is 0 Å². The number of halogens is 2. The van der Waals surface area contributed by atoms with E-state index in [-0.39, 0.29) is 29.1 Å². The Morgan fingerprint density at radius 1 is 1.11 bits per heavy atom. The summed E-state index contributed by atoms with van der Waals surface area (Å²) in [6, 6.07) is 10.5. The number of carboxylic acids is 1. The van der Waals surface area contributed by atoms with E-state index in [0.29, 0.717) is 41.0 Å². The van der Waals surface area contributed by atoms with E-state index >= 15 is 0 Å². The molecule has 3 atom stereocenters. The summed E-state index contributed by atoms with van der Waals surface area (Å²) in [5, 5.41) is 10.0. The van der Waals surface area contributed by atoms with Gasteiger partial charge in [-0.3, -0.25) is 9.59 Å². The predicted molar refractivity (Wildman–Crippen MR) is 141 cm³/mol. The smallest absolute Gasteiger partial charge is 0.336 e. The average Bonchev–Trinajstić information content (AvgIpc) is 3.43. The van der Waals surface area contributed by atoms with Crippen LogP contribution in [0.3, 0.4) is 0 Å². The summed E-state index contributed by atoms with van der Waals surface area (Å²) in [6.45, 7) is 1.81. The maximum atomic E-state index is 14.1. The number of hydrogen-bond donors (Lipinski definition) is 1. The lowest BCUT2D eigenvalue weighted by Crippen LogP contribution is -2.54. The lowest BCUT2D eigenvalue weighted by atomic mass is 9.84. The van der Waals surface area contributed by atoms with Gasteiger partial charge in [-0.1, -0.05) is 36.6 Å². The molecule has 1 aromatic heterocycles. The summed E-state index contributed by atoms with van der Waals surface area (Å²) in [4.78, 5) is 39.3. The summed E-state index contributed by atoms with van der Waals surface area (Å²) in [5.41, 5.74) is 0.348. The molecule has 2 fully saturated rings. The summed E-state index contributed by atoms with van der Waals surface area (Å²) >= 11 is 6.17. The number of benzene rings is 2. The monoisotopic (exact) mass is 541 g/mol. The summed E-state index contributed by atoms with van der Waals surface area (Å²) in [7, 11) is 0. The molecule has 5 rings (SSSR count). The van der Waals surface area contributed by atoms with Crippen LogP contribution in [0.1, 0.15) is 45.4 Å². The number of nitrogens with zero attached hydrogens (tertiary/aromatic N) is 1. The highest BCUT2D eigenvalue weighted by Gasteiger charge is 2.41. The zero-order valence-corrected chi connectivity index (χ0v) is 21.7.